The van der Waals surface area contributed by atoms with Crippen molar-refractivity contribution in [3.05, 3.63) is 45.1 Å². The summed E-state index contributed by atoms with van der Waals surface area (Å²) in [6, 6.07) is 10.7. The molecule has 18 heavy (non-hydrogen) atoms. The SMILES string of the molecule is C[S@@](=O)c1ccccc1NC(=O)c1ccc(Br)s1. The molecule has 1 heterocycles. The summed E-state index contributed by atoms with van der Waals surface area (Å²) in [7, 11) is -1.13. The molecule has 0 bridgehead atoms. The van der Waals surface area contributed by atoms with Gasteiger partial charge in [-0.1, -0.05) is 12.1 Å². The molecule has 0 aliphatic heterocycles. The Morgan fingerprint density at radius 3 is 2.61 bits per heavy atom. The van der Waals surface area contributed by atoms with Gasteiger partial charge in [-0.3, -0.25) is 9.00 Å². The first kappa shape index (κ1) is 13.5. The Bertz CT molecular complexity index is 610. The number of amides is 1. The maximum absolute atomic E-state index is 12.0. The third-order valence-electron chi connectivity index (χ3n) is 2.24. The Morgan fingerprint density at radius 1 is 1.28 bits per heavy atom. The molecule has 0 aliphatic rings. The molecule has 0 unspecified atom stereocenters. The molecule has 1 amide bonds. The minimum absolute atomic E-state index is 0.191. The fourth-order valence-corrected chi connectivity index (χ4v) is 3.42. The minimum Gasteiger partial charge on any atom is -0.320 e. The van der Waals surface area contributed by atoms with Gasteiger partial charge in [-0.2, -0.15) is 0 Å². The molecule has 1 aromatic carbocycles. The van der Waals surface area contributed by atoms with E-state index in [9.17, 15) is 9.00 Å². The lowest BCUT2D eigenvalue weighted by atomic mass is 10.3. The topological polar surface area (TPSA) is 46.2 Å². The molecular weight excluding hydrogens is 334 g/mol. The number of carbonyl (C=O) groups is 1. The van der Waals surface area contributed by atoms with Crippen molar-refractivity contribution >= 4 is 49.7 Å². The number of halogens is 1. The molecule has 0 saturated heterocycles. The maximum Gasteiger partial charge on any atom is 0.265 e. The number of hydrogen-bond donors (Lipinski definition) is 1. The Hall–Kier alpha value is -0.980. The molecule has 6 heteroatoms. The fraction of sp³-hybridized carbons (Fsp3) is 0.0833. The molecule has 1 N–H and O–H groups in total. The lowest BCUT2D eigenvalue weighted by Gasteiger charge is -2.07. The van der Waals surface area contributed by atoms with Crippen molar-refractivity contribution in [3.63, 3.8) is 0 Å². The maximum atomic E-state index is 12.0. The van der Waals surface area contributed by atoms with Gasteiger partial charge in [-0.25, -0.2) is 0 Å². The number of anilines is 1. The first-order valence-corrected chi connectivity index (χ1v) is 8.24. The molecular formula is C12H10BrNO2S2. The highest BCUT2D eigenvalue weighted by molar-refractivity contribution is 9.11. The van der Waals surface area contributed by atoms with E-state index in [4.69, 9.17) is 0 Å². The lowest BCUT2D eigenvalue weighted by Crippen LogP contribution is -2.11. The van der Waals surface area contributed by atoms with Crippen LogP contribution in [0.2, 0.25) is 0 Å². The largest absolute Gasteiger partial charge is 0.320 e. The monoisotopic (exact) mass is 343 g/mol. The highest BCUT2D eigenvalue weighted by Crippen LogP contribution is 2.24. The Labute approximate surface area is 120 Å². The van der Waals surface area contributed by atoms with Crippen LogP contribution in [0.4, 0.5) is 5.69 Å². The lowest BCUT2D eigenvalue weighted by molar-refractivity contribution is 0.103. The first-order valence-electron chi connectivity index (χ1n) is 5.07. The quantitative estimate of drug-likeness (QED) is 0.926. The second-order valence-electron chi connectivity index (χ2n) is 3.51. The van der Waals surface area contributed by atoms with Gasteiger partial charge < -0.3 is 5.32 Å². The van der Waals surface area contributed by atoms with Crippen molar-refractivity contribution in [2.75, 3.05) is 11.6 Å². The van der Waals surface area contributed by atoms with E-state index in [1.165, 1.54) is 11.3 Å². The third kappa shape index (κ3) is 3.07. The molecule has 2 aromatic rings. The van der Waals surface area contributed by atoms with Gasteiger partial charge in [0.1, 0.15) is 0 Å². The van der Waals surface area contributed by atoms with E-state index in [0.29, 0.717) is 15.5 Å². The Morgan fingerprint density at radius 2 is 2.00 bits per heavy atom. The predicted molar refractivity (Wildman–Crippen MR) is 78.7 cm³/mol. The fourth-order valence-electron chi connectivity index (χ4n) is 1.44. The summed E-state index contributed by atoms with van der Waals surface area (Å²) >= 11 is 4.67. The van der Waals surface area contributed by atoms with E-state index >= 15 is 0 Å². The Balaban J connectivity index is 2.24. The van der Waals surface area contributed by atoms with Crippen molar-refractivity contribution in [1.29, 1.82) is 0 Å². The van der Waals surface area contributed by atoms with Crippen molar-refractivity contribution in [2.45, 2.75) is 4.90 Å². The van der Waals surface area contributed by atoms with Crippen LogP contribution >= 0.6 is 27.3 Å². The van der Waals surface area contributed by atoms with Gasteiger partial charge in [-0.05, 0) is 40.2 Å². The van der Waals surface area contributed by atoms with E-state index in [1.807, 2.05) is 6.07 Å². The van der Waals surface area contributed by atoms with E-state index in [0.717, 1.165) is 3.79 Å². The smallest absolute Gasteiger partial charge is 0.265 e. The van der Waals surface area contributed by atoms with Gasteiger partial charge in [-0.15, -0.1) is 11.3 Å². The molecule has 0 saturated carbocycles. The number of carbonyl (C=O) groups excluding carboxylic acids is 1. The molecule has 1 atom stereocenters. The number of rotatable bonds is 3. The number of thiophene rings is 1. The van der Waals surface area contributed by atoms with Crippen LogP contribution in [0.1, 0.15) is 9.67 Å². The van der Waals surface area contributed by atoms with Crippen LogP contribution in [0.25, 0.3) is 0 Å². The molecule has 1 aromatic heterocycles. The molecule has 0 fully saturated rings. The molecule has 0 spiro atoms. The number of para-hydroxylation sites is 1. The van der Waals surface area contributed by atoms with Gasteiger partial charge in [0.2, 0.25) is 0 Å². The zero-order valence-corrected chi connectivity index (χ0v) is 12.7. The van der Waals surface area contributed by atoms with Gasteiger partial charge in [0.25, 0.3) is 5.91 Å². The van der Waals surface area contributed by atoms with Gasteiger partial charge >= 0.3 is 0 Å². The van der Waals surface area contributed by atoms with E-state index < -0.39 is 10.8 Å². The van der Waals surface area contributed by atoms with Crippen LogP contribution < -0.4 is 5.32 Å². The van der Waals surface area contributed by atoms with Crippen molar-refractivity contribution in [2.24, 2.45) is 0 Å². The molecule has 0 aliphatic carbocycles. The van der Waals surface area contributed by atoms with E-state index in [-0.39, 0.29) is 5.91 Å². The van der Waals surface area contributed by atoms with E-state index in [1.54, 1.807) is 36.6 Å². The number of benzene rings is 1. The van der Waals surface area contributed by atoms with Crippen LogP contribution in [0.15, 0.2) is 45.1 Å². The van der Waals surface area contributed by atoms with Crippen LogP contribution in [0.3, 0.4) is 0 Å². The zero-order chi connectivity index (χ0) is 13.1. The summed E-state index contributed by atoms with van der Waals surface area (Å²) in [4.78, 5) is 13.2. The minimum atomic E-state index is -1.13. The molecule has 3 nitrogen and oxygen atoms in total. The number of hydrogen-bond acceptors (Lipinski definition) is 3. The van der Waals surface area contributed by atoms with Crippen molar-refractivity contribution in [3.8, 4) is 0 Å². The van der Waals surface area contributed by atoms with Crippen molar-refractivity contribution in [1.82, 2.24) is 0 Å². The number of nitrogens with one attached hydrogen (secondary N) is 1. The van der Waals surface area contributed by atoms with Crippen LogP contribution in [-0.2, 0) is 10.8 Å². The second-order valence-corrected chi connectivity index (χ2v) is 7.32. The van der Waals surface area contributed by atoms with E-state index in [2.05, 4.69) is 21.2 Å². The zero-order valence-electron chi connectivity index (χ0n) is 9.48. The first-order chi connectivity index (χ1) is 8.58. The predicted octanol–water partition coefficient (Wildman–Crippen LogP) is 3.50. The van der Waals surface area contributed by atoms with Gasteiger partial charge in [0, 0.05) is 6.26 Å². The summed E-state index contributed by atoms with van der Waals surface area (Å²) < 4.78 is 12.4. The standard InChI is InChI=1S/C12H10BrNO2S2/c1-18(16)10-5-3-2-4-8(10)14-12(15)9-6-7-11(13)17-9/h2-7H,1H3,(H,14,15)/t18-/m1/s1. The van der Waals surface area contributed by atoms with Crippen molar-refractivity contribution < 1.29 is 9.00 Å². The summed E-state index contributed by atoms with van der Waals surface area (Å²) in [5.74, 6) is -0.191. The Kier molecular flexibility index (Phi) is 4.31. The summed E-state index contributed by atoms with van der Waals surface area (Å²) in [6.07, 6.45) is 1.59. The van der Waals surface area contributed by atoms with Gasteiger partial charge in [0.05, 0.1) is 30.0 Å². The average Bonchev–Trinajstić information content (AvgIpc) is 2.76. The molecule has 94 valence electrons. The second kappa shape index (κ2) is 5.77. The van der Waals surface area contributed by atoms with Crippen LogP contribution in [-0.4, -0.2) is 16.4 Å². The highest BCUT2D eigenvalue weighted by atomic mass is 79.9. The average molecular weight is 344 g/mol. The highest BCUT2D eigenvalue weighted by Gasteiger charge is 2.12. The summed E-state index contributed by atoms with van der Waals surface area (Å²) in [5, 5.41) is 2.78. The summed E-state index contributed by atoms with van der Waals surface area (Å²) in [6.45, 7) is 0. The third-order valence-corrected chi connectivity index (χ3v) is 4.84. The molecule has 2 rings (SSSR count). The van der Waals surface area contributed by atoms with Crippen LogP contribution in [0, 0.1) is 0 Å². The summed E-state index contributed by atoms with van der Waals surface area (Å²) in [5.41, 5.74) is 0.591. The normalized spacial score (nSPS) is 12.1. The van der Waals surface area contributed by atoms with Gasteiger partial charge in [0.15, 0.2) is 0 Å². The molecule has 0 radical (unpaired) electrons. The van der Waals surface area contributed by atoms with Crippen LogP contribution in [0.5, 0.6) is 0 Å².